The second-order valence-electron chi connectivity index (χ2n) is 5.96. The summed E-state index contributed by atoms with van der Waals surface area (Å²) in [5.41, 5.74) is 0.866. The van der Waals surface area contributed by atoms with Gasteiger partial charge in [-0.25, -0.2) is 0 Å². The Morgan fingerprint density at radius 1 is 0.920 bits per heavy atom. The van der Waals surface area contributed by atoms with Gasteiger partial charge in [-0.05, 0) is 69.3 Å². The third-order valence-corrected chi connectivity index (χ3v) is 3.14. The lowest BCUT2D eigenvalue weighted by molar-refractivity contribution is -0.119. The molecule has 0 fully saturated rings. The molecule has 0 radical (unpaired) electrons. The van der Waals surface area contributed by atoms with Crippen LogP contribution in [-0.4, -0.2) is 18.1 Å². The second-order valence-corrected chi connectivity index (χ2v) is 5.96. The Labute approximate surface area is 149 Å². The van der Waals surface area contributed by atoms with Crippen LogP contribution in [0, 0.1) is 11.8 Å². The molecule has 4 nitrogen and oxygen atoms in total. The third kappa shape index (κ3) is 6.60. The van der Waals surface area contributed by atoms with Crippen LogP contribution in [0.5, 0.6) is 17.2 Å². The molecule has 2 rings (SSSR count). The van der Waals surface area contributed by atoms with Crippen molar-refractivity contribution in [3.8, 4) is 29.1 Å². The number of amides is 1. The molecule has 0 heterocycles. The first-order valence-electron chi connectivity index (χ1n) is 8.25. The van der Waals surface area contributed by atoms with Crippen molar-refractivity contribution in [1.29, 1.82) is 0 Å². The number of nitrogens with one attached hydrogen (secondary N) is 1. The maximum atomic E-state index is 11.0. The van der Waals surface area contributed by atoms with Crippen molar-refractivity contribution >= 4 is 5.91 Å². The van der Waals surface area contributed by atoms with E-state index in [1.165, 1.54) is 6.92 Å². The molecule has 0 aliphatic carbocycles. The van der Waals surface area contributed by atoms with Crippen LogP contribution in [0.3, 0.4) is 0 Å². The maximum Gasteiger partial charge on any atom is 0.217 e. The van der Waals surface area contributed by atoms with Gasteiger partial charge in [0, 0.05) is 12.5 Å². The lowest BCUT2D eigenvalue weighted by atomic mass is 10.2. The van der Waals surface area contributed by atoms with Gasteiger partial charge in [-0.3, -0.25) is 4.79 Å². The van der Waals surface area contributed by atoms with Gasteiger partial charge in [0.15, 0.2) is 0 Å². The molecule has 1 atom stereocenters. The molecule has 0 spiro atoms. The van der Waals surface area contributed by atoms with E-state index >= 15 is 0 Å². The molecule has 2 aromatic carbocycles. The molecule has 4 heteroatoms. The summed E-state index contributed by atoms with van der Waals surface area (Å²) in [4.78, 5) is 11.0. The largest absolute Gasteiger partial charge is 0.491 e. The number of carbonyl (C=O) groups is 1. The van der Waals surface area contributed by atoms with Gasteiger partial charge in [0.2, 0.25) is 5.91 Å². The first-order valence-corrected chi connectivity index (χ1v) is 8.25. The van der Waals surface area contributed by atoms with Crippen molar-refractivity contribution in [3.05, 3.63) is 54.1 Å². The first-order chi connectivity index (χ1) is 11.9. The molecule has 0 bridgehead atoms. The smallest absolute Gasteiger partial charge is 0.217 e. The van der Waals surface area contributed by atoms with E-state index in [-0.39, 0.29) is 18.1 Å². The number of carbonyl (C=O) groups excluding carboxylic acids is 1. The molecule has 0 aromatic heterocycles. The first kappa shape index (κ1) is 18.4. The second kappa shape index (κ2) is 8.79. The Morgan fingerprint density at radius 2 is 1.44 bits per heavy atom. The molecule has 0 saturated heterocycles. The summed E-state index contributed by atoms with van der Waals surface area (Å²) in [5, 5.41) is 2.73. The summed E-state index contributed by atoms with van der Waals surface area (Å²) in [6.45, 7) is 7.31. The summed E-state index contributed by atoms with van der Waals surface area (Å²) in [6, 6.07) is 14.9. The van der Waals surface area contributed by atoms with Gasteiger partial charge in [-0.15, -0.1) is 0 Å². The topological polar surface area (TPSA) is 47.6 Å². The maximum absolute atomic E-state index is 11.0. The zero-order chi connectivity index (χ0) is 18.2. The molecule has 0 saturated carbocycles. The number of ether oxygens (including phenoxy) is 2. The van der Waals surface area contributed by atoms with Crippen LogP contribution in [0.15, 0.2) is 48.5 Å². The Kier molecular flexibility index (Phi) is 6.47. The fourth-order valence-electron chi connectivity index (χ4n) is 2.13. The predicted molar refractivity (Wildman–Crippen MR) is 98.9 cm³/mol. The van der Waals surface area contributed by atoms with E-state index in [9.17, 15) is 4.79 Å². The summed E-state index contributed by atoms with van der Waals surface area (Å²) in [6.07, 6.45) is 0.147. The van der Waals surface area contributed by atoms with E-state index in [1.807, 2.05) is 69.3 Å². The fourth-order valence-corrected chi connectivity index (χ4v) is 2.13. The van der Waals surface area contributed by atoms with Crippen molar-refractivity contribution in [1.82, 2.24) is 5.32 Å². The quantitative estimate of drug-likeness (QED) is 0.834. The minimum absolute atomic E-state index is 0.0876. The summed E-state index contributed by atoms with van der Waals surface area (Å²) >= 11 is 0. The zero-order valence-corrected chi connectivity index (χ0v) is 15.0. The van der Waals surface area contributed by atoms with Crippen molar-refractivity contribution in [2.24, 2.45) is 0 Å². The molecular weight excluding hydrogens is 314 g/mol. The Hall–Kier alpha value is -2.93. The van der Waals surface area contributed by atoms with E-state index in [0.29, 0.717) is 0 Å². The SMILES string of the molecule is CC(=O)N[C@@H](C)C#Cc1ccc(Oc2ccc(OC(C)C)cc2)cc1. The number of hydrogen-bond acceptors (Lipinski definition) is 3. The number of rotatable bonds is 5. The van der Waals surface area contributed by atoms with E-state index in [4.69, 9.17) is 9.47 Å². The number of benzene rings is 2. The van der Waals surface area contributed by atoms with E-state index in [1.54, 1.807) is 0 Å². The van der Waals surface area contributed by atoms with Crippen molar-refractivity contribution in [3.63, 3.8) is 0 Å². The Balaban J connectivity index is 1.96. The van der Waals surface area contributed by atoms with Gasteiger partial charge in [-0.1, -0.05) is 11.8 Å². The lowest BCUT2D eigenvalue weighted by Gasteiger charge is -2.10. The average Bonchev–Trinajstić information content (AvgIpc) is 2.55. The van der Waals surface area contributed by atoms with Crippen molar-refractivity contribution in [2.75, 3.05) is 0 Å². The molecule has 1 N–H and O–H groups in total. The van der Waals surface area contributed by atoms with Crippen LogP contribution < -0.4 is 14.8 Å². The monoisotopic (exact) mass is 337 g/mol. The normalized spacial score (nSPS) is 11.2. The average molecular weight is 337 g/mol. The third-order valence-electron chi connectivity index (χ3n) is 3.14. The summed E-state index contributed by atoms with van der Waals surface area (Å²) in [5.74, 6) is 8.23. The van der Waals surface area contributed by atoms with Gasteiger partial charge < -0.3 is 14.8 Å². The van der Waals surface area contributed by atoms with Crippen LogP contribution in [0.25, 0.3) is 0 Å². The van der Waals surface area contributed by atoms with Crippen molar-refractivity contribution in [2.45, 2.75) is 39.8 Å². The van der Waals surface area contributed by atoms with Crippen LogP contribution in [0.1, 0.15) is 33.3 Å². The van der Waals surface area contributed by atoms with Gasteiger partial charge in [0.05, 0.1) is 12.1 Å². The lowest BCUT2D eigenvalue weighted by Crippen LogP contribution is -2.28. The Bertz CT molecular complexity index is 752. The van der Waals surface area contributed by atoms with Crippen LogP contribution in [0.4, 0.5) is 0 Å². The van der Waals surface area contributed by atoms with E-state index in [2.05, 4.69) is 17.2 Å². The fraction of sp³-hybridized carbons (Fsp3) is 0.286. The zero-order valence-electron chi connectivity index (χ0n) is 15.0. The molecule has 2 aromatic rings. The molecule has 0 aliphatic rings. The number of hydrogen-bond donors (Lipinski definition) is 1. The van der Waals surface area contributed by atoms with E-state index in [0.717, 1.165) is 22.8 Å². The molecule has 1 amide bonds. The Morgan fingerprint density at radius 3 is 1.96 bits per heavy atom. The van der Waals surface area contributed by atoms with Crippen LogP contribution in [0.2, 0.25) is 0 Å². The summed E-state index contributed by atoms with van der Waals surface area (Å²) in [7, 11) is 0. The van der Waals surface area contributed by atoms with Crippen LogP contribution >= 0.6 is 0 Å². The molecule has 25 heavy (non-hydrogen) atoms. The van der Waals surface area contributed by atoms with Gasteiger partial charge in [-0.2, -0.15) is 0 Å². The highest BCUT2D eigenvalue weighted by Crippen LogP contribution is 2.24. The molecular formula is C21H23NO3. The molecule has 0 aliphatic heterocycles. The van der Waals surface area contributed by atoms with E-state index < -0.39 is 0 Å². The molecule has 130 valence electrons. The van der Waals surface area contributed by atoms with Gasteiger partial charge in [0.25, 0.3) is 0 Å². The van der Waals surface area contributed by atoms with Crippen LogP contribution in [-0.2, 0) is 4.79 Å². The van der Waals surface area contributed by atoms with Crippen molar-refractivity contribution < 1.29 is 14.3 Å². The summed E-state index contributed by atoms with van der Waals surface area (Å²) < 4.78 is 11.4. The minimum Gasteiger partial charge on any atom is -0.491 e. The molecule has 0 unspecified atom stereocenters. The van der Waals surface area contributed by atoms with Gasteiger partial charge >= 0.3 is 0 Å². The highest BCUT2D eigenvalue weighted by Gasteiger charge is 2.01. The standard InChI is InChI=1S/C21H23NO3/c1-15(2)24-19-11-13-21(14-12-19)25-20-9-7-18(8-10-20)6-5-16(3)22-17(4)23/h7-16H,1-4H3,(H,22,23)/t16-/m0/s1. The van der Waals surface area contributed by atoms with Gasteiger partial charge in [0.1, 0.15) is 17.2 Å². The highest BCUT2D eigenvalue weighted by atomic mass is 16.5. The predicted octanol–water partition coefficient (Wildman–Crippen LogP) is 4.14. The highest BCUT2D eigenvalue weighted by molar-refractivity contribution is 5.73. The minimum atomic E-state index is -0.181.